The molecule has 0 rings (SSSR count). The highest BCUT2D eigenvalue weighted by Gasteiger charge is 2.86. The molecule has 0 saturated heterocycles. The van der Waals surface area contributed by atoms with Crippen LogP contribution < -0.4 is 0 Å². The molecule has 0 aromatic rings. The topological polar surface area (TPSA) is 60.4 Å². The molecule has 0 fully saturated rings. The molecule has 1 N–H and O–H groups in total. The van der Waals surface area contributed by atoms with E-state index in [0.717, 1.165) is 0 Å². The van der Waals surface area contributed by atoms with Crippen LogP contribution in [-0.2, 0) is 11.4 Å². The summed E-state index contributed by atoms with van der Waals surface area (Å²) in [4.78, 5) is 0. The van der Waals surface area contributed by atoms with Crippen LogP contribution in [0.25, 0.3) is 0 Å². The molecule has 48 heavy (non-hydrogen) atoms. The first kappa shape index (κ1) is 58.9. The molecule has 34 heteroatoms. The van der Waals surface area contributed by atoms with Gasteiger partial charge in [-0.25, -0.2) is 4.21 Å². The van der Waals surface area contributed by atoms with E-state index in [4.69, 9.17) is 361 Å². The second-order valence-electron chi connectivity index (χ2n) is 8.11. The quantitative estimate of drug-likeness (QED) is 0.166. The van der Waals surface area contributed by atoms with Crippen molar-refractivity contribution in [2.24, 2.45) is 0 Å². The van der Waals surface area contributed by atoms with Crippen molar-refractivity contribution in [3.05, 3.63) is 0 Å². The van der Waals surface area contributed by atoms with Crippen LogP contribution >= 0.6 is 348 Å². The molecule has 0 heterocycles. The Labute approximate surface area is 425 Å². The molecule has 0 amide bonds. The summed E-state index contributed by atoms with van der Waals surface area (Å²) < 4.78 is -21.5. The van der Waals surface area contributed by atoms with Crippen molar-refractivity contribution >= 4 is 359 Å². The van der Waals surface area contributed by atoms with Gasteiger partial charge in [-0.05, 0) is 0 Å². The first-order valence-corrected chi connectivity index (χ1v) is 21.8. The number of rotatable bonds is 11. The second-order valence-corrected chi connectivity index (χ2v) is 29.0. The lowest BCUT2D eigenvalue weighted by Crippen LogP contribution is -2.75. The zero-order valence-electron chi connectivity index (χ0n) is 20.0. The van der Waals surface area contributed by atoms with E-state index in [0.29, 0.717) is 0 Å². The van der Waals surface area contributed by atoms with E-state index in [-0.39, 0.29) is 0 Å². The average Bonchev–Trinajstić information content (AvgIpc) is 2.80. The summed E-state index contributed by atoms with van der Waals surface area (Å²) in [5.41, 5.74) is 0. The highest BCUT2D eigenvalue weighted by molar-refractivity contribution is 7.73. The lowest BCUT2D eigenvalue weighted by molar-refractivity contribution is 0.407. The molecule has 0 spiro atoms. The first-order valence-electron chi connectivity index (χ1n) is 9.44. The van der Waals surface area contributed by atoms with Crippen LogP contribution in [0.5, 0.6) is 0 Å². The summed E-state index contributed by atoms with van der Waals surface area (Å²) in [5.74, 6) is 0. The highest BCUT2D eigenvalue weighted by atomic mass is 35.6. The van der Waals surface area contributed by atoms with E-state index >= 15 is 0 Å². The van der Waals surface area contributed by atoms with Crippen LogP contribution in [-0.4, -0.2) is 72.9 Å². The molecular formula is C14HCl30O3S-. The molecule has 3 nitrogen and oxygen atoms in total. The number of hydrogen-bond acceptors (Lipinski definition) is 2. The minimum absolute atomic E-state index is 2.80. The Bertz CT molecular complexity index is 1070. The summed E-state index contributed by atoms with van der Waals surface area (Å²) in [5, 5.41) is 0. The zero-order chi connectivity index (χ0) is 40.6. The maximum atomic E-state index is 8.56. The molecule has 292 valence electrons. The standard InChI is InChI=1S/C14Cl30.H2O3S/c15-1(16,3(19,20)5(23,24)7(27,28)9(31,32)11(35,36)13(39,40)41)2(17,18)4(21,22)6(25,26)8(29,30)10(33,34)12(37,38)14(42,43)44;1-4(2)3/h;(H2,1,2,3)/p-1. The Morgan fingerprint density at radius 2 is 0.333 bits per heavy atom. The lowest BCUT2D eigenvalue weighted by atomic mass is 9.98. The van der Waals surface area contributed by atoms with Gasteiger partial charge < -0.3 is 9.11 Å². The van der Waals surface area contributed by atoms with Gasteiger partial charge >= 0.3 is 0 Å². The number of hydrogen-bond donors (Lipinski definition) is 1. The fourth-order valence-electron chi connectivity index (χ4n) is 2.33. The van der Waals surface area contributed by atoms with Crippen molar-refractivity contribution in [1.82, 2.24) is 0 Å². The third-order valence-corrected chi connectivity index (χ3v) is 25.8. The summed E-state index contributed by atoms with van der Waals surface area (Å²) in [7, 11) is 0. The largest absolute Gasteiger partial charge is 0.750 e. The van der Waals surface area contributed by atoms with Crippen molar-refractivity contribution in [3.63, 3.8) is 0 Å². The van der Waals surface area contributed by atoms with Gasteiger partial charge in [-0.15, -0.1) is 0 Å². The summed E-state index contributed by atoms with van der Waals surface area (Å²) in [6.45, 7) is 0. The Morgan fingerprint density at radius 1 is 0.271 bits per heavy atom. The Kier molecular flexibility index (Phi) is 22.4. The Balaban J connectivity index is 0. The van der Waals surface area contributed by atoms with Crippen molar-refractivity contribution < 1.29 is 13.3 Å². The van der Waals surface area contributed by atoms with E-state index in [1.807, 2.05) is 0 Å². The van der Waals surface area contributed by atoms with E-state index in [1.165, 1.54) is 0 Å². The molecular weight excluding hydrogens is 1310 g/mol. The van der Waals surface area contributed by atoms with Gasteiger partial charge in [0.25, 0.3) is 0 Å². The minimum atomic E-state index is -3.51. The van der Waals surface area contributed by atoms with E-state index in [2.05, 4.69) is 0 Å². The third kappa shape index (κ3) is 10.0. The maximum Gasteiger partial charge on any atom is 0.226 e. The van der Waals surface area contributed by atoms with Crippen LogP contribution in [0.15, 0.2) is 0 Å². The molecule has 0 saturated carbocycles. The van der Waals surface area contributed by atoms with Crippen molar-refractivity contribution in [1.29, 1.82) is 0 Å². The van der Waals surface area contributed by atoms with Crippen LogP contribution in [0.4, 0.5) is 0 Å². The smallest absolute Gasteiger partial charge is 0.226 e. The lowest BCUT2D eigenvalue weighted by Gasteiger charge is -2.58. The van der Waals surface area contributed by atoms with Gasteiger partial charge in [0.1, 0.15) is 0 Å². The molecule has 0 aromatic carbocycles. The molecule has 0 aromatic heterocycles. The fourth-order valence-corrected chi connectivity index (χ4v) is 11.9. The van der Waals surface area contributed by atoms with E-state index in [1.54, 1.807) is 0 Å². The molecule has 0 aliphatic heterocycles. The number of halogens is 30. The molecule has 0 aliphatic rings. The van der Waals surface area contributed by atoms with Gasteiger partial charge in [-0.1, -0.05) is 348 Å². The fraction of sp³-hybridized carbons (Fsp3) is 1.00. The maximum absolute atomic E-state index is 8.56. The van der Waals surface area contributed by atoms with Crippen molar-refractivity contribution in [3.8, 4) is 0 Å². The van der Waals surface area contributed by atoms with Crippen molar-refractivity contribution in [2.75, 3.05) is 0 Å². The van der Waals surface area contributed by atoms with Crippen LogP contribution in [0.3, 0.4) is 0 Å². The SMILES string of the molecule is ClC(Cl)(Cl)C(Cl)(Cl)C(Cl)(Cl)C(Cl)(Cl)C(Cl)(Cl)C(Cl)(Cl)C(Cl)(Cl)C(Cl)(Cl)C(Cl)(Cl)C(Cl)(Cl)C(Cl)(Cl)C(Cl)(Cl)C(Cl)(Cl)C(Cl)(Cl)Cl.O=S([O-])O. The monoisotopic (exact) mass is 1300 g/mol. The average molecular weight is 1310 g/mol. The predicted octanol–water partition coefficient (Wildman–Crippen LogP) is 17.2. The van der Waals surface area contributed by atoms with Gasteiger partial charge in [0.15, 0.2) is 43.3 Å². The van der Waals surface area contributed by atoms with Crippen LogP contribution in [0.1, 0.15) is 0 Å². The first-order chi connectivity index (χ1) is 20.0. The van der Waals surface area contributed by atoms with E-state index < -0.39 is 70.9 Å². The van der Waals surface area contributed by atoms with Gasteiger partial charge in [-0.2, -0.15) is 0 Å². The molecule has 0 aliphatic carbocycles. The highest BCUT2D eigenvalue weighted by Crippen LogP contribution is 2.77. The Morgan fingerprint density at radius 3 is 0.396 bits per heavy atom. The van der Waals surface area contributed by atoms with Gasteiger partial charge in [0.2, 0.25) is 16.3 Å². The normalized spacial score (nSPS) is 17.2. The summed E-state index contributed by atoms with van der Waals surface area (Å²) in [6, 6.07) is 0. The van der Waals surface area contributed by atoms with Crippen LogP contribution in [0.2, 0.25) is 0 Å². The van der Waals surface area contributed by atoms with Crippen LogP contribution in [0, 0.1) is 0 Å². The second kappa shape index (κ2) is 18.2. The molecule has 1 unspecified atom stereocenters. The summed E-state index contributed by atoms with van der Waals surface area (Å²) >= 11 is 184. The zero-order valence-corrected chi connectivity index (χ0v) is 43.5. The number of alkyl halides is 30. The van der Waals surface area contributed by atoms with E-state index in [9.17, 15) is 0 Å². The molecule has 0 bridgehead atoms. The molecule has 0 radical (unpaired) electrons. The third-order valence-electron chi connectivity index (χ3n) is 5.05. The Hall–Kier alpha value is 8.77. The van der Waals surface area contributed by atoms with Crippen molar-refractivity contribution in [2.45, 2.75) is 59.6 Å². The molecule has 1 atom stereocenters. The van der Waals surface area contributed by atoms with Gasteiger partial charge in [0, 0.05) is 0 Å². The van der Waals surface area contributed by atoms with Gasteiger partial charge in [-0.3, -0.25) is 0 Å². The predicted molar refractivity (Wildman–Crippen MR) is 225 cm³/mol. The minimum Gasteiger partial charge on any atom is -0.750 e. The summed E-state index contributed by atoms with van der Waals surface area (Å²) in [6.07, 6.45) is 0. The van der Waals surface area contributed by atoms with Gasteiger partial charge in [0.05, 0.1) is 11.4 Å².